The van der Waals surface area contributed by atoms with Gasteiger partial charge in [-0.3, -0.25) is 9.67 Å². The van der Waals surface area contributed by atoms with Crippen LogP contribution in [0, 0.1) is 12.8 Å². The van der Waals surface area contributed by atoms with E-state index in [0.717, 1.165) is 13.0 Å². The predicted octanol–water partition coefficient (Wildman–Crippen LogP) is 1.80. The number of aryl methyl sites for hydroxylation is 1. The number of rotatable bonds is 2. The second-order valence-electron chi connectivity index (χ2n) is 3.41. The Bertz CT molecular complexity index is 336. The fourth-order valence-corrected chi connectivity index (χ4v) is 1.45. The first-order valence-corrected chi connectivity index (χ1v) is 4.52. The van der Waals surface area contributed by atoms with Crippen molar-refractivity contribution in [3.63, 3.8) is 0 Å². The first-order chi connectivity index (χ1) is 6.34. The summed E-state index contributed by atoms with van der Waals surface area (Å²) >= 11 is 0. The summed E-state index contributed by atoms with van der Waals surface area (Å²) in [5, 5.41) is 4.25. The van der Waals surface area contributed by atoms with Crippen LogP contribution in [0.5, 0.6) is 0 Å². The van der Waals surface area contributed by atoms with Crippen molar-refractivity contribution in [2.75, 3.05) is 0 Å². The number of aliphatic imine (C=N–C) groups is 1. The zero-order valence-electron chi connectivity index (χ0n) is 7.72. The molecule has 0 amide bonds. The second-order valence-corrected chi connectivity index (χ2v) is 3.41. The van der Waals surface area contributed by atoms with E-state index in [1.165, 1.54) is 5.56 Å². The van der Waals surface area contributed by atoms with E-state index in [9.17, 15) is 0 Å². The van der Waals surface area contributed by atoms with Crippen LogP contribution in [0.2, 0.25) is 0 Å². The Hall–Kier alpha value is -1.38. The Morgan fingerprint density at radius 2 is 2.54 bits per heavy atom. The molecule has 1 unspecified atom stereocenters. The van der Waals surface area contributed by atoms with Crippen molar-refractivity contribution in [2.45, 2.75) is 19.9 Å². The standard InChI is InChI=1S/C10H13N3/c1-9-6-12-13(7-9)8-10-2-4-11-5-3-10/h2,4-7,10H,3,8H2,1H3. The van der Waals surface area contributed by atoms with Crippen LogP contribution in [-0.4, -0.2) is 16.0 Å². The van der Waals surface area contributed by atoms with Gasteiger partial charge in [0, 0.05) is 31.1 Å². The molecule has 0 N–H and O–H groups in total. The lowest BCUT2D eigenvalue weighted by Crippen LogP contribution is -2.10. The van der Waals surface area contributed by atoms with E-state index < -0.39 is 0 Å². The summed E-state index contributed by atoms with van der Waals surface area (Å²) in [5.41, 5.74) is 1.22. The summed E-state index contributed by atoms with van der Waals surface area (Å²) < 4.78 is 1.99. The zero-order valence-corrected chi connectivity index (χ0v) is 7.72. The zero-order chi connectivity index (χ0) is 9.10. The maximum Gasteiger partial charge on any atom is 0.0518 e. The molecule has 0 bridgehead atoms. The van der Waals surface area contributed by atoms with Crippen LogP contribution in [-0.2, 0) is 6.54 Å². The summed E-state index contributed by atoms with van der Waals surface area (Å²) in [6, 6.07) is 0. The maximum atomic E-state index is 4.25. The van der Waals surface area contributed by atoms with E-state index in [2.05, 4.69) is 29.3 Å². The van der Waals surface area contributed by atoms with E-state index in [1.54, 1.807) is 0 Å². The lowest BCUT2D eigenvalue weighted by molar-refractivity contribution is 0.500. The van der Waals surface area contributed by atoms with Crippen molar-refractivity contribution in [2.24, 2.45) is 10.9 Å². The summed E-state index contributed by atoms with van der Waals surface area (Å²) in [6.45, 7) is 3.01. The Morgan fingerprint density at radius 1 is 1.62 bits per heavy atom. The molecule has 68 valence electrons. The van der Waals surface area contributed by atoms with Gasteiger partial charge >= 0.3 is 0 Å². The molecule has 13 heavy (non-hydrogen) atoms. The van der Waals surface area contributed by atoms with Gasteiger partial charge in [-0.15, -0.1) is 0 Å². The van der Waals surface area contributed by atoms with Crippen molar-refractivity contribution in [1.29, 1.82) is 0 Å². The molecular formula is C10H13N3. The third-order valence-electron chi connectivity index (χ3n) is 2.14. The lowest BCUT2D eigenvalue weighted by Gasteiger charge is -2.11. The molecule has 0 aliphatic carbocycles. The second kappa shape index (κ2) is 3.56. The quantitative estimate of drug-likeness (QED) is 0.674. The van der Waals surface area contributed by atoms with Gasteiger partial charge in [-0.1, -0.05) is 6.08 Å². The minimum absolute atomic E-state index is 0.553. The molecule has 0 spiro atoms. The molecule has 1 aliphatic heterocycles. The molecule has 1 aliphatic rings. The van der Waals surface area contributed by atoms with Crippen LogP contribution in [0.15, 0.2) is 29.7 Å². The van der Waals surface area contributed by atoms with Crippen molar-refractivity contribution in [1.82, 2.24) is 9.78 Å². The van der Waals surface area contributed by atoms with Crippen LogP contribution < -0.4 is 0 Å². The molecule has 0 aromatic carbocycles. The highest BCUT2D eigenvalue weighted by Gasteiger charge is 2.06. The van der Waals surface area contributed by atoms with Crippen LogP contribution >= 0.6 is 0 Å². The number of aromatic nitrogens is 2. The molecule has 2 heterocycles. The molecule has 3 heteroatoms. The van der Waals surface area contributed by atoms with Gasteiger partial charge in [0.05, 0.1) is 6.20 Å². The molecule has 2 rings (SSSR count). The smallest absolute Gasteiger partial charge is 0.0518 e. The number of hydrogen-bond acceptors (Lipinski definition) is 2. The number of hydrogen-bond donors (Lipinski definition) is 0. The first kappa shape index (κ1) is 8.23. The Morgan fingerprint density at radius 3 is 3.15 bits per heavy atom. The van der Waals surface area contributed by atoms with E-state index in [4.69, 9.17) is 0 Å². The fourth-order valence-electron chi connectivity index (χ4n) is 1.45. The topological polar surface area (TPSA) is 30.2 Å². The molecule has 0 radical (unpaired) electrons. The van der Waals surface area contributed by atoms with Gasteiger partial charge < -0.3 is 0 Å². The summed E-state index contributed by atoms with van der Waals surface area (Å²) in [5.74, 6) is 0.553. The highest BCUT2D eigenvalue weighted by Crippen LogP contribution is 2.10. The van der Waals surface area contributed by atoms with E-state index in [0.29, 0.717) is 5.92 Å². The molecule has 1 aromatic rings. The minimum atomic E-state index is 0.553. The van der Waals surface area contributed by atoms with Gasteiger partial charge in [0.1, 0.15) is 0 Å². The summed E-state index contributed by atoms with van der Waals surface area (Å²) in [6.07, 6.45) is 10.9. The van der Waals surface area contributed by atoms with Crippen molar-refractivity contribution >= 4 is 6.21 Å². The molecule has 0 saturated heterocycles. The largest absolute Gasteiger partial charge is 0.272 e. The normalized spacial score (nSPS) is 20.8. The van der Waals surface area contributed by atoms with Crippen molar-refractivity contribution in [3.05, 3.63) is 30.2 Å². The number of allylic oxidation sites excluding steroid dienone is 1. The lowest BCUT2D eigenvalue weighted by atomic mass is 10.1. The van der Waals surface area contributed by atoms with Gasteiger partial charge in [-0.2, -0.15) is 5.10 Å². The third kappa shape index (κ3) is 2.05. The van der Waals surface area contributed by atoms with Gasteiger partial charge in [0.2, 0.25) is 0 Å². The third-order valence-corrected chi connectivity index (χ3v) is 2.14. The summed E-state index contributed by atoms with van der Waals surface area (Å²) in [4.78, 5) is 4.04. The molecule has 1 aromatic heterocycles. The Kier molecular flexibility index (Phi) is 2.25. The molecule has 0 saturated carbocycles. The monoisotopic (exact) mass is 175 g/mol. The van der Waals surface area contributed by atoms with Crippen LogP contribution in [0.1, 0.15) is 12.0 Å². The Labute approximate surface area is 77.8 Å². The molecule has 3 nitrogen and oxygen atoms in total. The molecular weight excluding hydrogens is 162 g/mol. The average molecular weight is 175 g/mol. The highest BCUT2D eigenvalue weighted by molar-refractivity contribution is 5.60. The Balaban J connectivity index is 1.98. The fraction of sp³-hybridized carbons (Fsp3) is 0.400. The van der Waals surface area contributed by atoms with Crippen LogP contribution in [0.4, 0.5) is 0 Å². The minimum Gasteiger partial charge on any atom is -0.272 e. The van der Waals surface area contributed by atoms with Crippen LogP contribution in [0.25, 0.3) is 0 Å². The van der Waals surface area contributed by atoms with Gasteiger partial charge in [-0.25, -0.2) is 0 Å². The SMILES string of the molecule is Cc1cnn(CC2C=CN=CC2)c1. The number of nitrogens with zero attached hydrogens (tertiary/aromatic N) is 3. The van der Waals surface area contributed by atoms with E-state index in [1.807, 2.05) is 23.3 Å². The van der Waals surface area contributed by atoms with E-state index in [-0.39, 0.29) is 0 Å². The molecule has 1 atom stereocenters. The molecule has 0 fully saturated rings. The summed E-state index contributed by atoms with van der Waals surface area (Å²) in [7, 11) is 0. The van der Waals surface area contributed by atoms with Crippen molar-refractivity contribution in [3.8, 4) is 0 Å². The van der Waals surface area contributed by atoms with Crippen molar-refractivity contribution < 1.29 is 0 Å². The predicted molar refractivity (Wildman–Crippen MR) is 52.7 cm³/mol. The van der Waals surface area contributed by atoms with E-state index >= 15 is 0 Å². The van der Waals surface area contributed by atoms with Gasteiger partial charge in [0.15, 0.2) is 0 Å². The highest BCUT2D eigenvalue weighted by atomic mass is 15.3. The van der Waals surface area contributed by atoms with Crippen LogP contribution in [0.3, 0.4) is 0 Å². The average Bonchev–Trinajstić information content (AvgIpc) is 2.53. The van der Waals surface area contributed by atoms with Gasteiger partial charge in [-0.05, 0) is 18.9 Å². The maximum absolute atomic E-state index is 4.25. The van der Waals surface area contributed by atoms with Gasteiger partial charge in [0.25, 0.3) is 0 Å². The first-order valence-electron chi connectivity index (χ1n) is 4.52.